The van der Waals surface area contributed by atoms with Crippen molar-refractivity contribution < 1.29 is 9.47 Å². The summed E-state index contributed by atoms with van der Waals surface area (Å²) in [5, 5.41) is 4.20. The molecule has 1 fully saturated rings. The average Bonchev–Trinajstić information content (AvgIpc) is 3.23. The molecule has 27 heavy (non-hydrogen) atoms. The van der Waals surface area contributed by atoms with Gasteiger partial charge in [-0.3, -0.25) is 0 Å². The van der Waals surface area contributed by atoms with Crippen molar-refractivity contribution in [3.05, 3.63) is 90.5 Å². The van der Waals surface area contributed by atoms with Crippen molar-refractivity contribution in [1.82, 2.24) is 0 Å². The molecule has 140 valence electrons. The maximum absolute atomic E-state index is 5.63. The van der Waals surface area contributed by atoms with Crippen molar-refractivity contribution in [3.63, 3.8) is 0 Å². The van der Waals surface area contributed by atoms with Gasteiger partial charge in [-0.05, 0) is 35.8 Å². The molecule has 1 aliphatic heterocycles. The number of rotatable bonds is 6. The first-order valence-electron chi connectivity index (χ1n) is 9.13. The molecule has 3 aromatic rings. The zero-order chi connectivity index (χ0) is 17.6. The molecule has 0 spiro atoms. The van der Waals surface area contributed by atoms with Crippen LogP contribution < -0.4 is 15.9 Å². The lowest BCUT2D eigenvalue weighted by atomic mass is 10.1. The molecule has 4 rings (SSSR count). The van der Waals surface area contributed by atoms with Crippen molar-refractivity contribution >= 4 is 40.8 Å². The van der Waals surface area contributed by atoms with E-state index in [1.54, 1.807) is 0 Å². The molecule has 0 aliphatic carbocycles. The second kappa shape index (κ2) is 10.1. The van der Waals surface area contributed by atoms with E-state index >= 15 is 0 Å². The highest BCUT2D eigenvalue weighted by atomic mass is 79.9. The molecule has 1 saturated heterocycles. The van der Waals surface area contributed by atoms with Gasteiger partial charge in [-0.25, -0.2) is 0 Å². The van der Waals surface area contributed by atoms with Gasteiger partial charge in [0.05, 0.1) is 13.2 Å². The monoisotopic (exact) mass is 442 g/mol. The molecule has 0 atom stereocenters. The third kappa shape index (κ3) is 5.06. The Morgan fingerprint density at radius 3 is 1.81 bits per heavy atom. The summed E-state index contributed by atoms with van der Waals surface area (Å²) in [7, 11) is -0.572. The third-order valence-corrected chi connectivity index (χ3v) is 7.15. The molecule has 3 aromatic carbocycles. The molecule has 0 radical (unpaired) electrons. The van der Waals surface area contributed by atoms with Gasteiger partial charge in [-0.2, -0.15) is 0 Å². The van der Waals surface area contributed by atoms with E-state index in [2.05, 4.69) is 84.9 Å². The third-order valence-electron chi connectivity index (χ3n) is 4.60. The number of ether oxygens (including phenoxy) is 2. The van der Waals surface area contributed by atoms with Gasteiger partial charge in [0.15, 0.2) is 6.29 Å². The Morgan fingerprint density at radius 1 is 0.704 bits per heavy atom. The molecule has 0 amide bonds. The van der Waals surface area contributed by atoms with Gasteiger partial charge >= 0.3 is 0 Å². The van der Waals surface area contributed by atoms with Crippen molar-refractivity contribution in [2.75, 3.05) is 13.2 Å². The SMILES string of the molecule is Br.c1ccc(P(c2ccccc2)c2ccccc2CCC2OCCO2)cc1. The van der Waals surface area contributed by atoms with E-state index in [1.807, 2.05) is 0 Å². The molecule has 0 aromatic heterocycles. The fraction of sp³-hybridized carbons (Fsp3) is 0.217. The second-order valence-corrected chi connectivity index (χ2v) is 8.53. The lowest BCUT2D eigenvalue weighted by molar-refractivity contribution is -0.0461. The Morgan fingerprint density at radius 2 is 1.22 bits per heavy atom. The average molecular weight is 443 g/mol. The second-order valence-electron chi connectivity index (χ2n) is 6.35. The molecule has 0 N–H and O–H groups in total. The van der Waals surface area contributed by atoms with E-state index in [0.717, 1.165) is 12.8 Å². The van der Waals surface area contributed by atoms with Crippen molar-refractivity contribution in [2.24, 2.45) is 0 Å². The summed E-state index contributed by atoms with van der Waals surface area (Å²) in [5.74, 6) is 0. The van der Waals surface area contributed by atoms with Crippen LogP contribution in [0.5, 0.6) is 0 Å². The highest BCUT2D eigenvalue weighted by Crippen LogP contribution is 2.34. The topological polar surface area (TPSA) is 18.5 Å². The summed E-state index contributed by atoms with van der Waals surface area (Å²) in [5.41, 5.74) is 1.39. The predicted molar refractivity (Wildman–Crippen MR) is 119 cm³/mol. The van der Waals surface area contributed by atoms with Gasteiger partial charge < -0.3 is 9.47 Å². The fourth-order valence-corrected chi connectivity index (χ4v) is 5.87. The highest BCUT2D eigenvalue weighted by molar-refractivity contribution is 8.93. The van der Waals surface area contributed by atoms with E-state index in [1.165, 1.54) is 21.5 Å². The molecular formula is C23H24BrO2P. The molecule has 0 bridgehead atoms. The van der Waals surface area contributed by atoms with Crippen LogP contribution in [0.1, 0.15) is 12.0 Å². The zero-order valence-electron chi connectivity index (χ0n) is 15.2. The molecule has 4 heteroatoms. The Labute approximate surface area is 173 Å². The first-order valence-corrected chi connectivity index (χ1v) is 10.5. The van der Waals surface area contributed by atoms with Crippen LogP contribution in [0, 0.1) is 0 Å². The Kier molecular flexibility index (Phi) is 7.60. The predicted octanol–water partition coefficient (Wildman–Crippen LogP) is 4.33. The van der Waals surface area contributed by atoms with Gasteiger partial charge in [-0.1, -0.05) is 84.9 Å². The van der Waals surface area contributed by atoms with Crippen LogP contribution in [0.3, 0.4) is 0 Å². The number of hydrogen-bond donors (Lipinski definition) is 0. The minimum Gasteiger partial charge on any atom is -0.350 e. The molecule has 1 heterocycles. The van der Waals surface area contributed by atoms with Crippen LogP contribution in [0.15, 0.2) is 84.9 Å². The number of aryl methyl sites for hydroxylation is 1. The Bertz CT molecular complexity index is 781. The van der Waals surface area contributed by atoms with E-state index in [0.29, 0.717) is 13.2 Å². The van der Waals surface area contributed by atoms with Crippen LogP contribution in [-0.4, -0.2) is 19.5 Å². The van der Waals surface area contributed by atoms with Gasteiger partial charge in [0, 0.05) is 6.42 Å². The van der Waals surface area contributed by atoms with E-state index in [-0.39, 0.29) is 23.3 Å². The minimum atomic E-state index is -0.572. The molecular weight excluding hydrogens is 419 g/mol. The maximum atomic E-state index is 5.63. The summed E-state index contributed by atoms with van der Waals surface area (Å²) < 4.78 is 11.3. The lowest BCUT2D eigenvalue weighted by Crippen LogP contribution is -2.24. The Balaban J connectivity index is 0.00000210. The van der Waals surface area contributed by atoms with Gasteiger partial charge in [-0.15, -0.1) is 17.0 Å². The van der Waals surface area contributed by atoms with Crippen LogP contribution in [0.25, 0.3) is 0 Å². The number of benzene rings is 3. The first kappa shape index (κ1) is 20.2. The van der Waals surface area contributed by atoms with Crippen LogP contribution in [0.2, 0.25) is 0 Å². The van der Waals surface area contributed by atoms with Gasteiger partial charge in [0.2, 0.25) is 0 Å². The summed E-state index contributed by atoms with van der Waals surface area (Å²) in [6, 6.07) is 30.5. The summed E-state index contributed by atoms with van der Waals surface area (Å²) in [4.78, 5) is 0. The number of hydrogen-bond acceptors (Lipinski definition) is 2. The van der Waals surface area contributed by atoms with Crippen LogP contribution in [-0.2, 0) is 15.9 Å². The molecule has 0 unspecified atom stereocenters. The smallest absolute Gasteiger partial charge is 0.158 e. The Hall–Kier alpha value is -1.51. The van der Waals surface area contributed by atoms with Crippen molar-refractivity contribution in [1.29, 1.82) is 0 Å². The molecule has 0 saturated carbocycles. The first-order chi connectivity index (χ1) is 12.9. The summed E-state index contributed by atoms with van der Waals surface area (Å²) >= 11 is 0. The lowest BCUT2D eigenvalue weighted by Gasteiger charge is -2.22. The normalized spacial score (nSPS) is 14.3. The summed E-state index contributed by atoms with van der Waals surface area (Å²) in [6.07, 6.45) is 1.83. The van der Waals surface area contributed by atoms with Crippen LogP contribution >= 0.6 is 24.9 Å². The molecule has 2 nitrogen and oxygen atoms in total. The van der Waals surface area contributed by atoms with Crippen molar-refractivity contribution in [2.45, 2.75) is 19.1 Å². The van der Waals surface area contributed by atoms with E-state index in [4.69, 9.17) is 9.47 Å². The number of halogens is 1. The molecule has 1 aliphatic rings. The standard InChI is InChI=1S/C23H23O2P.BrH/c1-3-10-20(11-4-1)26(21-12-5-2-6-13-21)22-14-8-7-9-19(22)15-16-23-24-17-18-25-23;/h1-14,23H,15-18H2;1H. The van der Waals surface area contributed by atoms with Gasteiger partial charge in [0.25, 0.3) is 0 Å². The van der Waals surface area contributed by atoms with E-state index < -0.39 is 7.92 Å². The van der Waals surface area contributed by atoms with Gasteiger partial charge in [0.1, 0.15) is 0 Å². The summed E-state index contributed by atoms with van der Waals surface area (Å²) in [6.45, 7) is 1.43. The van der Waals surface area contributed by atoms with E-state index in [9.17, 15) is 0 Å². The van der Waals surface area contributed by atoms with Crippen LogP contribution in [0.4, 0.5) is 0 Å². The van der Waals surface area contributed by atoms with Crippen molar-refractivity contribution in [3.8, 4) is 0 Å². The maximum Gasteiger partial charge on any atom is 0.158 e. The minimum absolute atomic E-state index is 0. The quantitative estimate of drug-likeness (QED) is 0.529. The highest BCUT2D eigenvalue weighted by Gasteiger charge is 2.21. The zero-order valence-corrected chi connectivity index (χ0v) is 17.8. The fourth-order valence-electron chi connectivity index (χ4n) is 3.37. The largest absolute Gasteiger partial charge is 0.350 e.